The average molecular weight is 488 g/mol. The van der Waals surface area contributed by atoms with Crippen LogP contribution in [0.2, 0.25) is 5.02 Å². The second-order valence-electron chi connectivity index (χ2n) is 6.92. The van der Waals surface area contributed by atoms with Crippen LogP contribution in [0.5, 0.6) is 11.8 Å². The number of H-pyrrole nitrogens is 2. The molecule has 1 atom stereocenters. The average Bonchev–Trinajstić information content (AvgIpc) is 3.16. The van der Waals surface area contributed by atoms with Gasteiger partial charge in [-0.1, -0.05) is 29.8 Å². The topological polar surface area (TPSA) is 131 Å². The van der Waals surface area contributed by atoms with Crippen molar-refractivity contribution in [1.29, 1.82) is 0 Å². The number of ether oxygens (including phenoxy) is 1. The Morgan fingerprint density at radius 2 is 1.82 bits per heavy atom. The third-order valence-electron chi connectivity index (χ3n) is 4.76. The molecule has 0 spiro atoms. The van der Waals surface area contributed by atoms with Crippen LogP contribution in [-0.4, -0.2) is 38.1 Å². The van der Waals surface area contributed by atoms with Crippen molar-refractivity contribution in [2.45, 2.75) is 11.8 Å². The first-order valence-corrected chi connectivity index (χ1v) is 11.4. The molecule has 0 aliphatic rings. The van der Waals surface area contributed by atoms with Gasteiger partial charge in [0.05, 0.1) is 10.6 Å². The van der Waals surface area contributed by atoms with E-state index in [4.69, 9.17) is 26.2 Å². The van der Waals surface area contributed by atoms with Crippen LogP contribution in [-0.2, 0) is 15.6 Å². The Bertz CT molecular complexity index is 1350. The highest BCUT2D eigenvalue weighted by atomic mass is 35.5. The normalized spacial score (nSPS) is 11.4. The van der Waals surface area contributed by atoms with E-state index in [9.17, 15) is 14.1 Å². The standard InChI is InChI=1S/C22H17ClN2O4S.CH2O2/c1-12-3-6-14(9-16(12)21(26)27)29-22-24-19-10-17(18(23)11-20(19)25-22)13-4-7-15(8-5-13)30(2)28;2-1-3/h3-11H,1-2H3,(H,24,25)(H,26,27);1H,(H,2,3)/p+1. The van der Waals surface area contributed by atoms with E-state index in [1.54, 1.807) is 31.4 Å². The summed E-state index contributed by atoms with van der Waals surface area (Å²) in [6.45, 7) is 1.48. The number of fused-ring (bicyclic) bond motifs is 1. The first kappa shape index (κ1) is 24.0. The van der Waals surface area contributed by atoms with Crippen molar-refractivity contribution >= 4 is 45.9 Å². The number of halogens is 1. The fourth-order valence-corrected chi connectivity index (χ4v) is 3.96. The fraction of sp³-hybridized carbons (Fsp3) is 0.0870. The molecular formula is C23H20ClN2O6S+. The maximum Gasteiger partial charge on any atom is 0.458 e. The van der Waals surface area contributed by atoms with E-state index >= 15 is 0 Å². The molecule has 8 nitrogen and oxygen atoms in total. The van der Waals surface area contributed by atoms with Crippen molar-refractivity contribution in [3.8, 4) is 22.9 Å². The maximum absolute atomic E-state index is 11.6. The molecule has 10 heteroatoms. The quantitative estimate of drug-likeness (QED) is 0.354. The summed E-state index contributed by atoms with van der Waals surface area (Å²) in [7, 11) is -1.04. The molecule has 0 saturated heterocycles. The van der Waals surface area contributed by atoms with Gasteiger partial charge >= 0.3 is 12.0 Å². The molecule has 0 bridgehead atoms. The van der Waals surface area contributed by atoms with Gasteiger partial charge in [0.2, 0.25) is 0 Å². The number of hydrogen-bond acceptors (Lipinski definition) is 4. The lowest BCUT2D eigenvalue weighted by Gasteiger charge is -2.04. The van der Waals surface area contributed by atoms with Crippen LogP contribution in [0.3, 0.4) is 0 Å². The van der Waals surface area contributed by atoms with Crippen molar-refractivity contribution in [1.82, 2.24) is 4.98 Å². The van der Waals surface area contributed by atoms with Gasteiger partial charge in [0.1, 0.15) is 5.75 Å². The Kier molecular flexibility index (Phi) is 7.47. The number of aromatic carboxylic acids is 1. The monoisotopic (exact) mass is 487 g/mol. The third kappa shape index (κ3) is 5.57. The number of benzene rings is 3. The van der Waals surface area contributed by atoms with Gasteiger partial charge in [0.25, 0.3) is 6.47 Å². The third-order valence-corrected chi connectivity index (χ3v) is 6.01. The predicted molar refractivity (Wildman–Crippen MR) is 125 cm³/mol. The summed E-state index contributed by atoms with van der Waals surface area (Å²) in [5.74, 6) is -0.608. The number of carbonyl (C=O) groups is 2. The number of imidazole rings is 1. The van der Waals surface area contributed by atoms with Crippen LogP contribution in [0.15, 0.2) is 59.5 Å². The number of carboxylic acids is 1. The number of carboxylic acid groups (broad SMARTS) is 2. The summed E-state index contributed by atoms with van der Waals surface area (Å²) in [6.07, 6.45) is 1.64. The highest BCUT2D eigenvalue weighted by Crippen LogP contribution is 2.32. The number of aromatic amines is 2. The molecule has 1 heterocycles. The molecule has 33 heavy (non-hydrogen) atoms. The van der Waals surface area contributed by atoms with Gasteiger partial charge in [-0.25, -0.2) is 14.8 Å². The zero-order chi connectivity index (χ0) is 24.1. The molecule has 0 saturated carbocycles. The summed E-state index contributed by atoms with van der Waals surface area (Å²) >= 11 is 6.48. The molecule has 1 aromatic heterocycles. The number of aromatic nitrogens is 2. The van der Waals surface area contributed by atoms with E-state index in [1.165, 1.54) is 6.07 Å². The molecule has 3 aromatic carbocycles. The van der Waals surface area contributed by atoms with Gasteiger partial charge in [-0.3, -0.25) is 9.00 Å². The van der Waals surface area contributed by atoms with Crippen molar-refractivity contribution in [2.24, 2.45) is 0 Å². The van der Waals surface area contributed by atoms with Gasteiger partial charge in [0, 0.05) is 33.6 Å². The first-order valence-electron chi connectivity index (χ1n) is 9.51. The molecule has 0 aliphatic heterocycles. The van der Waals surface area contributed by atoms with Crippen molar-refractivity contribution in [3.05, 3.63) is 70.7 Å². The highest BCUT2D eigenvalue weighted by molar-refractivity contribution is 7.84. The predicted octanol–water partition coefficient (Wildman–Crippen LogP) is 4.54. The Morgan fingerprint density at radius 1 is 1.15 bits per heavy atom. The summed E-state index contributed by atoms with van der Waals surface area (Å²) in [5, 5.41) is 16.7. The highest BCUT2D eigenvalue weighted by Gasteiger charge is 2.17. The van der Waals surface area contributed by atoms with Crippen molar-refractivity contribution in [3.63, 3.8) is 0 Å². The summed E-state index contributed by atoms with van der Waals surface area (Å²) in [6, 6.07) is 16.3. The van der Waals surface area contributed by atoms with Gasteiger partial charge in [-0.2, -0.15) is 0 Å². The van der Waals surface area contributed by atoms with Crippen molar-refractivity contribution in [2.75, 3.05) is 6.26 Å². The fourth-order valence-electron chi connectivity index (χ4n) is 3.17. The van der Waals surface area contributed by atoms with Gasteiger partial charge in [-0.05, 0) is 48.4 Å². The molecule has 4 N–H and O–H groups in total. The first-order chi connectivity index (χ1) is 15.7. The van der Waals surface area contributed by atoms with E-state index in [0.717, 1.165) is 27.1 Å². The zero-order valence-corrected chi connectivity index (χ0v) is 19.2. The van der Waals surface area contributed by atoms with E-state index in [1.807, 2.05) is 30.3 Å². The Balaban J connectivity index is 0.000000968. The Hall–Kier alpha value is -3.69. The molecule has 0 radical (unpaired) electrons. The molecule has 0 amide bonds. The minimum atomic E-state index is -1.04. The van der Waals surface area contributed by atoms with Crippen LogP contribution >= 0.6 is 11.6 Å². The molecule has 0 fully saturated rings. The smallest absolute Gasteiger partial charge is 0.458 e. The number of hydrogen-bond donors (Lipinski definition) is 3. The summed E-state index contributed by atoms with van der Waals surface area (Å²) in [4.78, 5) is 26.7. The summed E-state index contributed by atoms with van der Waals surface area (Å²) in [5.41, 5.74) is 4.09. The van der Waals surface area contributed by atoms with Crippen LogP contribution in [0.1, 0.15) is 15.9 Å². The lowest BCUT2D eigenvalue weighted by molar-refractivity contribution is -0.359. The SMILES string of the molecule is Cc1ccc(Oc2[nH]c3cc(Cl)c(-c4ccc(S(C)=O)cc4)cc3[nH+]2)cc1C(=O)O.O=CO. The van der Waals surface area contributed by atoms with Gasteiger partial charge in [0.15, 0.2) is 11.0 Å². The van der Waals surface area contributed by atoms with Crippen LogP contribution in [0.25, 0.3) is 22.2 Å². The van der Waals surface area contributed by atoms with E-state index in [0.29, 0.717) is 22.3 Å². The van der Waals surface area contributed by atoms with Crippen molar-refractivity contribution < 1.29 is 33.7 Å². The molecule has 170 valence electrons. The minimum Gasteiger partial charge on any atom is -0.483 e. The zero-order valence-electron chi connectivity index (χ0n) is 17.6. The largest absolute Gasteiger partial charge is 0.483 e. The summed E-state index contributed by atoms with van der Waals surface area (Å²) < 4.78 is 17.4. The molecule has 4 aromatic rings. The number of nitrogens with one attached hydrogen (secondary N) is 2. The van der Waals surface area contributed by atoms with E-state index < -0.39 is 16.8 Å². The minimum absolute atomic E-state index is 0.186. The van der Waals surface area contributed by atoms with Gasteiger partial charge < -0.3 is 14.9 Å². The molecule has 1 unspecified atom stereocenters. The lowest BCUT2D eigenvalue weighted by atomic mass is 10.1. The van der Waals surface area contributed by atoms with Gasteiger partial charge in [-0.15, -0.1) is 0 Å². The second kappa shape index (κ2) is 10.3. The van der Waals surface area contributed by atoms with Crippen LogP contribution in [0, 0.1) is 6.92 Å². The number of aryl methyl sites for hydroxylation is 1. The van der Waals surface area contributed by atoms with E-state index in [-0.39, 0.29) is 12.0 Å². The molecule has 4 rings (SSSR count). The Morgan fingerprint density at radius 3 is 2.42 bits per heavy atom. The van der Waals surface area contributed by atoms with Crippen LogP contribution in [0.4, 0.5) is 0 Å². The second-order valence-corrected chi connectivity index (χ2v) is 8.71. The van der Waals surface area contributed by atoms with Crippen LogP contribution < -0.4 is 9.72 Å². The Labute approximate surface area is 196 Å². The maximum atomic E-state index is 11.6. The van der Waals surface area contributed by atoms with E-state index in [2.05, 4.69) is 9.97 Å². The molecular weight excluding hydrogens is 468 g/mol. The number of rotatable bonds is 5. The lowest BCUT2D eigenvalue weighted by Crippen LogP contribution is -2.04. The molecule has 0 aliphatic carbocycles.